The van der Waals surface area contributed by atoms with E-state index in [1.807, 2.05) is 48.5 Å². The lowest BCUT2D eigenvalue weighted by Crippen LogP contribution is -2.25. The van der Waals surface area contributed by atoms with E-state index in [1.54, 1.807) is 43.5 Å². The van der Waals surface area contributed by atoms with E-state index >= 15 is 0 Å². The highest BCUT2D eigenvalue weighted by molar-refractivity contribution is 5.98. The second-order valence-corrected chi connectivity index (χ2v) is 8.89. The summed E-state index contributed by atoms with van der Waals surface area (Å²) in [6, 6.07) is 28.7. The number of rotatable bonds is 10. The fourth-order valence-electron chi connectivity index (χ4n) is 4.59. The van der Waals surface area contributed by atoms with Crippen molar-refractivity contribution in [1.29, 1.82) is 0 Å². The number of aliphatic hydroxyl groups excluding tert-OH is 2. The Labute approximate surface area is 212 Å². The highest BCUT2D eigenvalue weighted by Crippen LogP contribution is 2.34. The molecule has 0 aliphatic carbocycles. The number of phenolic OH excluding ortho intramolecular Hbond substituents is 1. The topological polar surface area (TPSA) is 69.9 Å². The van der Waals surface area contributed by atoms with Gasteiger partial charge in [-0.2, -0.15) is 0 Å². The van der Waals surface area contributed by atoms with Gasteiger partial charge in [-0.05, 0) is 58.7 Å². The van der Waals surface area contributed by atoms with Gasteiger partial charge in [0.15, 0.2) is 0 Å². The van der Waals surface area contributed by atoms with Crippen LogP contribution in [-0.2, 0) is 0 Å². The molecule has 0 unspecified atom stereocenters. The van der Waals surface area contributed by atoms with Crippen molar-refractivity contribution in [2.24, 2.45) is 5.92 Å². The van der Waals surface area contributed by atoms with Crippen LogP contribution in [0, 0.1) is 5.92 Å². The van der Waals surface area contributed by atoms with Crippen molar-refractivity contribution >= 4 is 22.4 Å². The van der Waals surface area contributed by atoms with E-state index in [9.17, 15) is 15.3 Å². The van der Waals surface area contributed by atoms with Gasteiger partial charge in [0.05, 0.1) is 19.3 Å². The first kappa shape index (κ1) is 25.2. The first-order chi connectivity index (χ1) is 17.5. The van der Waals surface area contributed by atoms with Crippen molar-refractivity contribution in [3.63, 3.8) is 0 Å². The average molecular weight is 481 g/mol. The van der Waals surface area contributed by atoms with E-state index in [0.29, 0.717) is 24.2 Å². The van der Waals surface area contributed by atoms with Crippen LogP contribution < -0.4 is 4.74 Å². The summed E-state index contributed by atoms with van der Waals surface area (Å²) in [4.78, 5) is 0. The van der Waals surface area contributed by atoms with Crippen LogP contribution in [0.25, 0.3) is 22.4 Å². The quantitative estimate of drug-likeness (QED) is 0.173. The molecular weight excluding hydrogens is 448 g/mol. The number of aromatic hydroxyl groups is 1. The molecule has 0 aliphatic heterocycles. The summed E-state index contributed by atoms with van der Waals surface area (Å²) < 4.78 is 5.20. The van der Waals surface area contributed by atoms with Crippen LogP contribution >= 0.6 is 0 Å². The second kappa shape index (κ2) is 11.7. The van der Waals surface area contributed by atoms with Gasteiger partial charge in [0.25, 0.3) is 0 Å². The summed E-state index contributed by atoms with van der Waals surface area (Å²) in [5, 5.41) is 34.1. The largest absolute Gasteiger partial charge is 0.507 e. The van der Waals surface area contributed by atoms with E-state index in [1.165, 1.54) is 0 Å². The molecule has 0 radical (unpaired) electrons. The van der Waals surface area contributed by atoms with E-state index in [4.69, 9.17) is 4.74 Å². The Kier molecular flexibility index (Phi) is 8.21. The number of benzene rings is 4. The van der Waals surface area contributed by atoms with Gasteiger partial charge in [0.2, 0.25) is 0 Å². The number of aliphatic hydroxyl groups is 2. The maximum Gasteiger partial charge on any atom is 0.123 e. The van der Waals surface area contributed by atoms with Gasteiger partial charge in [-0.15, -0.1) is 6.58 Å². The molecule has 0 spiro atoms. The SMILES string of the molecule is C=C[C@H]([C@H](O)CC/C(=C/c1ccc(O)c2ccccc12)c1ccccc1)[C@H](O)c1ccc(OC)cc1. The Morgan fingerprint density at radius 3 is 2.19 bits per heavy atom. The first-order valence-electron chi connectivity index (χ1n) is 12.1. The van der Waals surface area contributed by atoms with Crippen LogP contribution in [0.1, 0.15) is 35.6 Å². The van der Waals surface area contributed by atoms with Gasteiger partial charge >= 0.3 is 0 Å². The molecule has 0 saturated carbocycles. The molecule has 184 valence electrons. The van der Waals surface area contributed by atoms with Crippen molar-refractivity contribution in [2.75, 3.05) is 7.11 Å². The summed E-state index contributed by atoms with van der Waals surface area (Å²) in [5.41, 5.74) is 3.82. The highest BCUT2D eigenvalue weighted by Gasteiger charge is 2.26. The molecule has 4 aromatic rings. The summed E-state index contributed by atoms with van der Waals surface area (Å²) in [6.07, 6.45) is 3.11. The third-order valence-corrected chi connectivity index (χ3v) is 6.66. The summed E-state index contributed by atoms with van der Waals surface area (Å²) in [7, 11) is 1.60. The molecule has 0 amide bonds. The minimum Gasteiger partial charge on any atom is -0.507 e. The predicted octanol–water partition coefficient (Wildman–Crippen LogP) is 6.77. The Morgan fingerprint density at radius 1 is 0.861 bits per heavy atom. The third kappa shape index (κ3) is 5.68. The Balaban J connectivity index is 1.59. The summed E-state index contributed by atoms with van der Waals surface area (Å²) >= 11 is 0. The maximum absolute atomic E-state index is 11.1. The van der Waals surface area contributed by atoms with Crippen molar-refractivity contribution in [3.05, 3.63) is 120 Å². The van der Waals surface area contributed by atoms with Crippen LogP contribution in [0.15, 0.2) is 104 Å². The highest BCUT2D eigenvalue weighted by atomic mass is 16.5. The van der Waals surface area contributed by atoms with Crippen molar-refractivity contribution < 1.29 is 20.1 Å². The third-order valence-electron chi connectivity index (χ3n) is 6.66. The number of methoxy groups -OCH3 is 1. The molecule has 4 aromatic carbocycles. The molecule has 4 rings (SSSR count). The molecule has 4 heteroatoms. The fraction of sp³-hybridized carbons (Fsp3) is 0.188. The van der Waals surface area contributed by atoms with Crippen molar-refractivity contribution in [1.82, 2.24) is 0 Å². The molecule has 0 saturated heterocycles. The van der Waals surface area contributed by atoms with E-state index in [0.717, 1.165) is 27.5 Å². The smallest absolute Gasteiger partial charge is 0.123 e. The molecule has 0 aromatic heterocycles. The molecule has 0 heterocycles. The van der Waals surface area contributed by atoms with E-state index in [2.05, 4.69) is 24.8 Å². The zero-order valence-electron chi connectivity index (χ0n) is 20.4. The zero-order valence-corrected chi connectivity index (χ0v) is 20.4. The minimum atomic E-state index is -0.881. The molecular formula is C32H32O4. The van der Waals surface area contributed by atoms with E-state index < -0.39 is 18.1 Å². The molecule has 0 bridgehead atoms. The maximum atomic E-state index is 11.1. The molecule has 3 atom stereocenters. The summed E-state index contributed by atoms with van der Waals surface area (Å²) in [5.74, 6) is 0.437. The van der Waals surface area contributed by atoms with Gasteiger partial charge in [-0.3, -0.25) is 0 Å². The van der Waals surface area contributed by atoms with Crippen LogP contribution in [0.2, 0.25) is 0 Å². The standard InChI is InChI=1S/C32H32O4/c1-3-27(32(35)23-13-17-26(36-2)18-14-23)30(33)19-15-24(22-9-5-4-6-10-22)21-25-16-20-31(34)29-12-8-7-11-28(25)29/h3-14,16-18,20-21,27,30,32-35H,1,15,19H2,2H3/b24-21-/t27-,30-,32-/m1/s1. The zero-order chi connectivity index (χ0) is 25.5. The number of fused-ring (bicyclic) bond motifs is 1. The number of phenols is 1. The Bertz CT molecular complexity index is 1330. The van der Waals surface area contributed by atoms with Gasteiger partial charge in [0, 0.05) is 11.3 Å². The van der Waals surface area contributed by atoms with Crippen LogP contribution in [0.4, 0.5) is 0 Å². The first-order valence-corrected chi connectivity index (χ1v) is 12.1. The lowest BCUT2D eigenvalue weighted by Gasteiger charge is -2.26. The van der Waals surface area contributed by atoms with Gasteiger partial charge in [-0.25, -0.2) is 0 Å². The Morgan fingerprint density at radius 2 is 1.53 bits per heavy atom. The van der Waals surface area contributed by atoms with Crippen LogP contribution in [0.3, 0.4) is 0 Å². The summed E-state index contributed by atoms with van der Waals surface area (Å²) in [6.45, 7) is 3.87. The van der Waals surface area contributed by atoms with E-state index in [-0.39, 0.29) is 5.75 Å². The van der Waals surface area contributed by atoms with Crippen molar-refractivity contribution in [2.45, 2.75) is 25.0 Å². The van der Waals surface area contributed by atoms with Crippen LogP contribution in [0.5, 0.6) is 11.5 Å². The number of ether oxygens (including phenoxy) is 1. The monoisotopic (exact) mass is 480 g/mol. The minimum absolute atomic E-state index is 0.251. The lowest BCUT2D eigenvalue weighted by atomic mass is 9.87. The van der Waals surface area contributed by atoms with Gasteiger partial charge < -0.3 is 20.1 Å². The normalized spacial score (nSPS) is 14.2. The molecule has 0 aliphatic rings. The van der Waals surface area contributed by atoms with Gasteiger partial charge in [0.1, 0.15) is 11.5 Å². The molecule has 0 fully saturated rings. The van der Waals surface area contributed by atoms with Gasteiger partial charge in [-0.1, -0.05) is 84.9 Å². The molecule has 36 heavy (non-hydrogen) atoms. The molecule has 4 nitrogen and oxygen atoms in total. The lowest BCUT2D eigenvalue weighted by molar-refractivity contribution is 0.0325. The average Bonchev–Trinajstić information content (AvgIpc) is 2.93. The number of hydrogen-bond donors (Lipinski definition) is 3. The molecule has 3 N–H and O–H groups in total. The Hall–Kier alpha value is -3.86. The number of hydrogen-bond acceptors (Lipinski definition) is 4. The van der Waals surface area contributed by atoms with Crippen LogP contribution in [-0.4, -0.2) is 28.5 Å². The second-order valence-electron chi connectivity index (χ2n) is 8.89. The number of allylic oxidation sites excluding steroid dienone is 1. The van der Waals surface area contributed by atoms with Crippen molar-refractivity contribution in [3.8, 4) is 11.5 Å². The predicted molar refractivity (Wildman–Crippen MR) is 147 cm³/mol. The fourth-order valence-corrected chi connectivity index (χ4v) is 4.59.